The van der Waals surface area contributed by atoms with E-state index in [1.165, 1.54) is 18.5 Å². The number of carbonyl (C=O) groups excluding carboxylic acids is 1. The Balaban J connectivity index is 1.61. The van der Waals surface area contributed by atoms with Gasteiger partial charge in [-0.25, -0.2) is 0 Å². The molecule has 1 N–H and O–H groups in total. The molecule has 1 aliphatic rings. The van der Waals surface area contributed by atoms with E-state index in [1.54, 1.807) is 0 Å². The fraction of sp³-hybridized carbons (Fsp3) is 0.381. The third-order valence-electron chi connectivity index (χ3n) is 5.00. The van der Waals surface area contributed by atoms with Gasteiger partial charge in [0.25, 0.3) is 5.91 Å². The first-order valence-corrected chi connectivity index (χ1v) is 9.73. The Bertz CT molecular complexity index is 704. The summed E-state index contributed by atoms with van der Waals surface area (Å²) in [7, 11) is 0. The zero-order valence-corrected chi connectivity index (χ0v) is 16.4. The van der Waals surface area contributed by atoms with Gasteiger partial charge in [-0.1, -0.05) is 35.0 Å². The zero-order chi connectivity index (χ0) is 17.8. The predicted molar refractivity (Wildman–Crippen MR) is 107 cm³/mol. The van der Waals surface area contributed by atoms with Gasteiger partial charge in [-0.15, -0.1) is 0 Å². The lowest BCUT2D eigenvalue weighted by Gasteiger charge is -2.32. The number of piperidine rings is 1. The van der Waals surface area contributed by atoms with Crippen LogP contribution < -0.4 is 10.2 Å². The van der Waals surface area contributed by atoms with Crippen LogP contribution in [0.3, 0.4) is 0 Å². The van der Waals surface area contributed by atoms with Crippen molar-refractivity contribution in [3.8, 4) is 0 Å². The number of nitrogens with zero attached hydrogens (tertiary/aromatic N) is 1. The average molecular weight is 401 g/mol. The summed E-state index contributed by atoms with van der Waals surface area (Å²) in [5.74, 6) is 0.790. The van der Waals surface area contributed by atoms with Gasteiger partial charge in [0.1, 0.15) is 0 Å². The van der Waals surface area contributed by atoms with Crippen molar-refractivity contribution < 1.29 is 4.79 Å². The van der Waals surface area contributed by atoms with Crippen LogP contribution in [0.1, 0.15) is 48.7 Å². The summed E-state index contributed by atoms with van der Waals surface area (Å²) in [6.07, 6.45) is 2.53. The van der Waals surface area contributed by atoms with Crippen LogP contribution in [0.25, 0.3) is 0 Å². The third-order valence-corrected chi connectivity index (χ3v) is 5.52. The normalized spacial score (nSPS) is 16.5. The molecular formula is C21H25BrN2O. The highest BCUT2D eigenvalue weighted by molar-refractivity contribution is 9.10. The minimum absolute atomic E-state index is 0.0217. The van der Waals surface area contributed by atoms with Crippen LogP contribution >= 0.6 is 15.9 Å². The molecule has 3 rings (SSSR count). The topological polar surface area (TPSA) is 32.3 Å². The molecule has 1 heterocycles. The molecule has 0 bridgehead atoms. The van der Waals surface area contributed by atoms with Crippen LogP contribution in [0.4, 0.5) is 5.69 Å². The second-order valence-corrected chi connectivity index (χ2v) is 7.88. The zero-order valence-electron chi connectivity index (χ0n) is 14.8. The molecule has 1 fully saturated rings. The standard InChI is InChI=1S/C21H25BrN2O/c1-15-11-13-24(14-12-15)20-9-5-17(6-10-20)16(2)23-21(25)18-3-7-19(22)8-4-18/h3-10,15-16H,11-14H2,1-2H3,(H,23,25)/t16-/m1/s1. The van der Waals surface area contributed by atoms with Gasteiger partial charge in [-0.3, -0.25) is 4.79 Å². The van der Waals surface area contributed by atoms with Gasteiger partial charge in [0.05, 0.1) is 6.04 Å². The summed E-state index contributed by atoms with van der Waals surface area (Å²) in [5.41, 5.74) is 3.08. The van der Waals surface area contributed by atoms with E-state index in [9.17, 15) is 4.79 Å². The second kappa shape index (κ2) is 8.05. The summed E-state index contributed by atoms with van der Waals surface area (Å²) in [6.45, 7) is 6.62. The molecule has 1 atom stereocenters. The van der Waals surface area contributed by atoms with Gasteiger partial charge in [0.2, 0.25) is 0 Å². The minimum Gasteiger partial charge on any atom is -0.372 e. The molecule has 0 spiro atoms. The summed E-state index contributed by atoms with van der Waals surface area (Å²) >= 11 is 3.39. The number of hydrogen-bond donors (Lipinski definition) is 1. The first-order chi connectivity index (χ1) is 12.0. The van der Waals surface area contributed by atoms with E-state index in [0.717, 1.165) is 29.0 Å². The van der Waals surface area contributed by atoms with Crippen molar-refractivity contribution in [3.05, 3.63) is 64.1 Å². The van der Waals surface area contributed by atoms with Crippen molar-refractivity contribution in [1.82, 2.24) is 5.32 Å². The first kappa shape index (κ1) is 18.0. The van der Waals surface area contributed by atoms with Crippen molar-refractivity contribution in [2.45, 2.75) is 32.7 Å². The van der Waals surface area contributed by atoms with Crippen LogP contribution in [0.2, 0.25) is 0 Å². The van der Waals surface area contributed by atoms with E-state index >= 15 is 0 Å². The number of rotatable bonds is 4. The van der Waals surface area contributed by atoms with Crippen LogP contribution in [-0.4, -0.2) is 19.0 Å². The van der Waals surface area contributed by atoms with E-state index in [-0.39, 0.29) is 11.9 Å². The maximum atomic E-state index is 12.4. The molecule has 1 amide bonds. The van der Waals surface area contributed by atoms with Gasteiger partial charge in [0, 0.05) is 28.8 Å². The van der Waals surface area contributed by atoms with Gasteiger partial charge in [-0.05, 0) is 67.6 Å². The maximum absolute atomic E-state index is 12.4. The van der Waals surface area contributed by atoms with Crippen LogP contribution in [0.15, 0.2) is 53.0 Å². The van der Waals surface area contributed by atoms with Crippen LogP contribution in [0, 0.1) is 5.92 Å². The summed E-state index contributed by atoms with van der Waals surface area (Å²) < 4.78 is 0.972. The molecule has 0 aliphatic carbocycles. The lowest BCUT2D eigenvalue weighted by atomic mass is 9.98. The van der Waals surface area contributed by atoms with Crippen LogP contribution in [-0.2, 0) is 0 Å². The van der Waals surface area contributed by atoms with Gasteiger partial charge >= 0.3 is 0 Å². The van der Waals surface area contributed by atoms with E-state index in [4.69, 9.17) is 0 Å². The van der Waals surface area contributed by atoms with E-state index in [0.29, 0.717) is 5.56 Å². The fourth-order valence-electron chi connectivity index (χ4n) is 3.21. The quantitative estimate of drug-likeness (QED) is 0.766. The van der Waals surface area contributed by atoms with Crippen molar-refractivity contribution >= 4 is 27.5 Å². The highest BCUT2D eigenvalue weighted by Gasteiger charge is 2.16. The van der Waals surface area contributed by atoms with Crippen molar-refractivity contribution in [1.29, 1.82) is 0 Å². The molecule has 2 aromatic carbocycles. The summed E-state index contributed by atoms with van der Waals surface area (Å²) in [4.78, 5) is 14.8. The number of nitrogens with one attached hydrogen (secondary N) is 1. The monoisotopic (exact) mass is 400 g/mol. The Morgan fingerprint density at radius 3 is 2.28 bits per heavy atom. The number of anilines is 1. The highest BCUT2D eigenvalue weighted by atomic mass is 79.9. The molecular weight excluding hydrogens is 376 g/mol. The van der Waals surface area contributed by atoms with Gasteiger partial charge in [-0.2, -0.15) is 0 Å². The molecule has 1 saturated heterocycles. The summed E-state index contributed by atoms with van der Waals surface area (Å²) in [6, 6.07) is 16.0. The lowest BCUT2D eigenvalue weighted by molar-refractivity contribution is 0.0940. The predicted octanol–water partition coefficient (Wildman–Crippen LogP) is 5.18. The molecule has 1 aliphatic heterocycles. The number of halogens is 1. The number of amides is 1. The molecule has 2 aromatic rings. The molecule has 0 aromatic heterocycles. The Hall–Kier alpha value is -1.81. The van der Waals surface area contributed by atoms with E-state index in [2.05, 4.69) is 57.3 Å². The molecule has 132 valence electrons. The molecule has 25 heavy (non-hydrogen) atoms. The van der Waals surface area contributed by atoms with Gasteiger partial charge in [0.15, 0.2) is 0 Å². The minimum atomic E-state index is -0.0471. The van der Waals surface area contributed by atoms with Crippen LogP contribution in [0.5, 0.6) is 0 Å². The molecule has 0 radical (unpaired) electrons. The Morgan fingerprint density at radius 1 is 1.08 bits per heavy atom. The highest BCUT2D eigenvalue weighted by Crippen LogP contribution is 2.24. The Kier molecular flexibility index (Phi) is 5.79. The fourth-order valence-corrected chi connectivity index (χ4v) is 3.47. The van der Waals surface area contributed by atoms with Crippen molar-refractivity contribution in [3.63, 3.8) is 0 Å². The SMILES string of the molecule is CC1CCN(c2ccc([C@@H](C)NC(=O)c3ccc(Br)cc3)cc2)CC1. The molecule has 0 saturated carbocycles. The number of carbonyl (C=O) groups is 1. The summed E-state index contributed by atoms with van der Waals surface area (Å²) in [5, 5.41) is 3.07. The number of hydrogen-bond acceptors (Lipinski definition) is 2. The van der Waals surface area contributed by atoms with Crippen molar-refractivity contribution in [2.24, 2.45) is 5.92 Å². The molecule has 4 heteroatoms. The molecule has 3 nitrogen and oxygen atoms in total. The average Bonchev–Trinajstić information content (AvgIpc) is 2.63. The first-order valence-electron chi connectivity index (χ1n) is 8.94. The Morgan fingerprint density at radius 2 is 1.68 bits per heavy atom. The smallest absolute Gasteiger partial charge is 0.251 e. The maximum Gasteiger partial charge on any atom is 0.251 e. The van der Waals surface area contributed by atoms with Crippen molar-refractivity contribution in [2.75, 3.05) is 18.0 Å². The van der Waals surface area contributed by atoms with E-state index < -0.39 is 0 Å². The third kappa shape index (κ3) is 4.63. The lowest BCUT2D eigenvalue weighted by Crippen LogP contribution is -2.32. The van der Waals surface area contributed by atoms with Gasteiger partial charge < -0.3 is 10.2 Å². The molecule has 0 unspecified atom stereocenters. The largest absolute Gasteiger partial charge is 0.372 e. The Labute approximate surface area is 158 Å². The number of benzene rings is 2. The van der Waals surface area contributed by atoms with E-state index in [1.807, 2.05) is 31.2 Å². The second-order valence-electron chi connectivity index (χ2n) is 6.96.